The number of hydrogen-bond acceptors (Lipinski definition) is 2. The third-order valence-corrected chi connectivity index (χ3v) is 3.91. The molecule has 0 aromatic rings. The highest BCUT2D eigenvalue weighted by atomic mass is 35.5. The summed E-state index contributed by atoms with van der Waals surface area (Å²) >= 11 is 8.04. The summed E-state index contributed by atoms with van der Waals surface area (Å²) < 4.78 is 5.38. The molecule has 0 spiro atoms. The van der Waals surface area contributed by atoms with Crippen LogP contribution >= 0.6 is 23.4 Å². The lowest BCUT2D eigenvalue weighted by atomic mass is 10.3. The van der Waals surface area contributed by atoms with Crippen LogP contribution in [0, 0.1) is 0 Å². The molecule has 0 aliphatic heterocycles. The first-order chi connectivity index (χ1) is 6.15. The molecule has 0 aliphatic carbocycles. The van der Waals surface area contributed by atoms with E-state index in [0.717, 1.165) is 6.42 Å². The zero-order valence-corrected chi connectivity index (χ0v) is 10.6. The normalized spacial score (nSPS) is 18.2. The monoisotopic (exact) mass is 224 g/mol. The molecule has 1 nitrogen and oxygen atoms in total. The Morgan fingerprint density at radius 1 is 1.38 bits per heavy atom. The van der Waals surface area contributed by atoms with Crippen LogP contribution in [0.1, 0.15) is 40.0 Å². The first-order valence-electron chi connectivity index (χ1n) is 4.97. The molecule has 13 heavy (non-hydrogen) atoms. The van der Waals surface area contributed by atoms with Crippen LogP contribution in [0.5, 0.6) is 0 Å². The first kappa shape index (κ1) is 13.6. The Morgan fingerprint density at radius 3 is 2.38 bits per heavy atom. The molecule has 0 aromatic heterocycles. The summed E-state index contributed by atoms with van der Waals surface area (Å²) in [5.74, 6) is 0. The quantitative estimate of drug-likeness (QED) is 0.607. The minimum atomic E-state index is 0.0940. The molecular formula is C10H21ClOS. The molecule has 0 amide bonds. The van der Waals surface area contributed by atoms with Crippen molar-refractivity contribution >= 4 is 23.4 Å². The van der Waals surface area contributed by atoms with Gasteiger partial charge in [0.05, 0.1) is 6.10 Å². The summed E-state index contributed by atoms with van der Waals surface area (Å²) in [5, 5.41) is 0.636. The highest BCUT2D eigenvalue weighted by Crippen LogP contribution is 2.28. The van der Waals surface area contributed by atoms with Crippen LogP contribution in [0.3, 0.4) is 0 Å². The molecule has 3 atom stereocenters. The summed E-state index contributed by atoms with van der Waals surface area (Å²) in [6.07, 6.45) is 3.62. The number of hydrogen-bond donors (Lipinski definition) is 0. The smallest absolute Gasteiger partial charge is 0.105 e. The average molecular weight is 225 g/mol. The molecule has 0 heterocycles. The number of methoxy groups -OCH3 is 1. The van der Waals surface area contributed by atoms with Crippen molar-refractivity contribution in [2.24, 2.45) is 0 Å². The van der Waals surface area contributed by atoms with Gasteiger partial charge in [-0.05, 0) is 12.8 Å². The number of thioether (sulfide) groups is 1. The molecule has 0 rings (SSSR count). The lowest BCUT2D eigenvalue weighted by Crippen LogP contribution is -2.21. The van der Waals surface area contributed by atoms with E-state index >= 15 is 0 Å². The Balaban J connectivity index is 3.75. The largest absolute Gasteiger partial charge is 0.379 e. The minimum absolute atomic E-state index is 0.0940. The highest BCUT2D eigenvalue weighted by molar-refractivity contribution is 8.01. The molecule has 80 valence electrons. The highest BCUT2D eigenvalue weighted by Gasteiger charge is 2.19. The van der Waals surface area contributed by atoms with Crippen molar-refractivity contribution < 1.29 is 4.74 Å². The number of rotatable bonds is 7. The third kappa shape index (κ3) is 5.82. The zero-order chi connectivity index (χ0) is 10.3. The van der Waals surface area contributed by atoms with Gasteiger partial charge in [0.2, 0.25) is 0 Å². The van der Waals surface area contributed by atoms with E-state index in [4.69, 9.17) is 16.3 Å². The summed E-state index contributed by atoms with van der Waals surface area (Å²) in [7, 11) is 1.73. The Labute approximate surface area is 91.6 Å². The van der Waals surface area contributed by atoms with Crippen molar-refractivity contribution in [2.75, 3.05) is 7.11 Å². The van der Waals surface area contributed by atoms with Gasteiger partial charge in [0.25, 0.3) is 0 Å². The van der Waals surface area contributed by atoms with E-state index in [2.05, 4.69) is 20.8 Å². The fourth-order valence-electron chi connectivity index (χ4n) is 1.24. The van der Waals surface area contributed by atoms with Crippen molar-refractivity contribution in [1.29, 1.82) is 0 Å². The van der Waals surface area contributed by atoms with Gasteiger partial charge >= 0.3 is 0 Å². The molecule has 0 aliphatic rings. The van der Waals surface area contributed by atoms with Crippen LogP contribution < -0.4 is 0 Å². The van der Waals surface area contributed by atoms with Gasteiger partial charge in [-0.25, -0.2) is 0 Å². The Morgan fingerprint density at radius 2 is 2.00 bits per heavy atom. The van der Waals surface area contributed by atoms with E-state index < -0.39 is 0 Å². The van der Waals surface area contributed by atoms with Crippen molar-refractivity contribution in [3.63, 3.8) is 0 Å². The van der Waals surface area contributed by atoms with E-state index in [1.54, 1.807) is 7.11 Å². The molecule has 0 aromatic carbocycles. The van der Waals surface area contributed by atoms with E-state index in [9.17, 15) is 0 Å². The molecule has 0 saturated carbocycles. The molecule has 0 fully saturated rings. The summed E-state index contributed by atoms with van der Waals surface area (Å²) in [6.45, 7) is 6.54. The minimum Gasteiger partial charge on any atom is -0.379 e. The van der Waals surface area contributed by atoms with Gasteiger partial charge in [0, 0.05) is 12.4 Å². The predicted octanol–water partition coefficient (Wildman–Crippen LogP) is 3.90. The molecule has 3 heteroatoms. The number of ether oxygens (including phenoxy) is 1. The van der Waals surface area contributed by atoms with Crippen molar-refractivity contribution in [2.45, 2.75) is 56.1 Å². The van der Waals surface area contributed by atoms with Crippen molar-refractivity contribution in [3.05, 3.63) is 0 Å². The van der Waals surface area contributed by atoms with Gasteiger partial charge in [0.15, 0.2) is 0 Å². The molecular weight excluding hydrogens is 204 g/mol. The van der Waals surface area contributed by atoms with Gasteiger partial charge < -0.3 is 4.74 Å². The first-order valence-corrected chi connectivity index (χ1v) is 6.35. The number of halogens is 1. The second-order valence-electron chi connectivity index (χ2n) is 3.27. The molecule has 0 bridgehead atoms. The standard InChI is InChI=1S/C10H21ClOS/c1-5-7-8(3)13-10(11)9(6-2)12-4/h8-10H,5-7H2,1-4H3. The van der Waals surface area contributed by atoms with Gasteiger partial charge in [0.1, 0.15) is 4.71 Å². The van der Waals surface area contributed by atoms with Gasteiger partial charge in [-0.15, -0.1) is 23.4 Å². The van der Waals surface area contributed by atoms with Crippen LogP contribution in [-0.4, -0.2) is 23.2 Å². The second kappa shape index (κ2) is 7.95. The van der Waals surface area contributed by atoms with Gasteiger partial charge in [-0.3, -0.25) is 0 Å². The SMILES string of the molecule is CCCC(C)SC(Cl)C(CC)OC. The third-order valence-electron chi connectivity index (χ3n) is 2.05. The second-order valence-corrected chi connectivity index (χ2v) is 5.58. The van der Waals surface area contributed by atoms with Crippen molar-refractivity contribution in [3.8, 4) is 0 Å². The van der Waals surface area contributed by atoms with Crippen LogP contribution in [0.2, 0.25) is 0 Å². The molecule has 0 N–H and O–H groups in total. The van der Waals surface area contributed by atoms with Crippen LogP contribution in [0.25, 0.3) is 0 Å². The topological polar surface area (TPSA) is 9.23 Å². The fraction of sp³-hybridized carbons (Fsp3) is 1.00. The molecule has 3 unspecified atom stereocenters. The Kier molecular flexibility index (Phi) is 8.32. The Bertz CT molecular complexity index is 117. The summed E-state index contributed by atoms with van der Waals surface area (Å²) in [4.78, 5) is 0. The number of alkyl halides is 1. The van der Waals surface area contributed by atoms with E-state index in [1.165, 1.54) is 12.8 Å². The van der Waals surface area contributed by atoms with Crippen LogP contribution in [0.15, 0.2) is 0 Å². The molecule has 0 saturated heterocycles. The van der Waals surface area contributed by atoms with E-state index in [1.807, 2.05) is 11.8 Å². The average Bonchev–Trinajstić information content (AvgIpc) is 2.06. The Hall–Kier alpha value is 0.600. The maximum Gasteiger partial charge on any atom is 0.105 e. The lowest BCUT2D eigenvalue weighted by molar-refractivity contribution is 0.112. The maximum atomic E-state index is 6.22. The zero-order valence-electron chi connectivity index (χ0n) is 9.05. The maximum absolute atomic E-state index is 6.22. The van der Waals surface area contributed by atoms with Crippen molar-refractivity contribution in [1.82, 2.24) is 0 Å². The van der Waals surface area contributed by atoms with E-state index in [0.29, 0.717) is 5.25 Å². The van der Waals surface area contributed by atoms with Crippen LogP contribution in [-0.2, 0) is 4.74 Å². The summed E-state index contributed by atoms with van der Waals surface area (Å²) in [5.41, 5.74) is 0. The van der Waals surface area contributed by atoms with Gasteiger partial charge in [-0.1, -0.05) is 27.2 Å². The van der Waals surface area contributed by atoms with Crippen LogP contribution in [0.4, 0.5) is 0 Å². The molecule has 0 radical (unpaired) electrons. The van der Waals surface area contributed by atoms with E-state index in [-0.39, 0.29) is 10.8 Å². The fourth-order valence-corrected chi connectivity index (χ4v) is 3.35. The predicted molar refractivity (Wildman–Crippen MR) is 62.7 cm³/mol. The summed E-state index contributed by atoms with van der Waals surface area (Å²) in [6, 6.07) is 0. The lowest BCUT2D eigenvalue weighted by Gasteiger charge is -2.21. The van der Waals surface area contributed by atoms with Gasteiger partial charge in [-0.2, -0.15) is 0 Å².